The number of carbonyl (C=O) groups excluding carboxylic acids is 1. The molecule has 0 aromatic heterocycles. The predicted molar refractivity (Wildman–Crippen MR) is 54.7 cm³/mol. The van der Waals surface area contributed by atoms with Gasteiger partial charge in [-0.05, 0) is 17.7 Å². The van der Waals surface area contributed by atoms with Gasteiger partial charge in [-0.15, -0.1) is 0 Å². The Morgan fingerprint density at radius 1 is 1.40 bits per heavy atom. The molecule has 0 bridgehead atoms. The summed E-state index contributed by atoms with van der Waals surface area (Å²) in [5.74, 6) is -2.12. The first-order valence-corrected chi connectivity index (χ1v) is 5.30. The molecule has 1 rings (SSSR count). The lowest BCUT2D eigenvalue weighted by Gasteiger charge is -2.05. The smallest absolute Gasteiger partial charge is 0.310 e. The van der Waals surface area contributed by atoms with E-state index in [9.17, 15) is 13.6 Å². The van der Waals surface area contributed by atoms with E-state index in [0.29, 0.717) is 10.9 Å². The number of rotatable bonds is 3. The standard InChI is InChI=1S/C10H9BrF2O2/c1-15-10(14)4-7-8(12)2-6(5-11)3-9(7)13/h2-3H,4-5H2,1H3. The van der Waals surface area contributed by atoms with Gasteiger partial charge >= 0.3 is 5.97 Å². The second kappa shape index (κ2) is 5.21. The summed E-state index contributed by atoms with van der Waals surface area (Å²) in [5, 5.41) is 0.360. The summed E-state index contributed by atoms with van der Waals surface area (Å²) in [6.07, 6.45) is -0.392. The molecule has 5 heteroatoms. The average molecular weight is 279 g/mol. The number of ether oxygens (including phenoxy) is 1. The van der Waals surface area contributed by atoms with E-state index in [2.05, 4.69) is 20.7 Å². The van der Waals surface area contributed by atoms with Crippen molar-refractivity contribution in [2.24, 2.45) is 0 Å². The van der Waals surface area contributed by atoms with E-state index in [-0.39, 0.29) is 5.56 Å². The number of carbonyl (C=O) groups is 1. The quantitative estimate of drug-likeness (QED) is 0.628. The molecular weight excluding hydrogens is 270 g/mol. The summed E-state index contributed by atoms with van der Waals surface area (Å²) >= 11 is 3.09. The van der Waals surface area contributed by atoms with Gasteiger partial charge in [0.25, 0.3) is 0 Å². The molecule has 1 aromatic carbocycles. The fourth-order valence-corrected chi connectivity index (χ4v) is 1.44. The first kappa shape index (κ1) is 12.1. The van der Waals surface area contributed by atoms with Gasteiger partial charge in [-0.3, -0.25) is 4.79 Å². The zero-order valence-electron chi connectivity index (χ0n) is 8.02. The maximum Gasteiger partial charge on any atom is 0.310 e. The lowest BCUT2D eigenvalue weighted by Crippen LogP contribution is -2.08. The van der Waals surface area contributed by atoms with Crippen LogP contribution in [0.4, 0.5) is 8.78 Å². The van der Waals surface area contributed by atoms with Crippen molar-refractivity contribution in [1.82, 2.24) is 0 Å². The fourth-order valence-electron chi connectivity index (χ4n) is 1.12. The molecule has 0 amide bonds. The Morgan fingerprint density at radius 3 is 2.33 bits per heavy atom. The van der Waals surface area contributed by atoms with Crippen LogP contribution in [0, 0.1) is 11.6 Å². The summed E-state index contributed by atoms with van der Waals surface area (Å²) < 4.78 is 31.0. The molecule has 0 N–H and O–H groups in total. The summed E-state index contributed by atoms with van der Waals surface area (Å²) in [5.41, 5.74) is 0.227. The molecule has 2 nitrogen and oxygen atoms in total. The SMILES string of the molecule is COC(=O)Cc1c(F)cc(CBr)cc1F. The van der Waals surface area contributed by atoms with Crippen LogP contribution in [-0.4, -0.2) is 13.1 Å². The van der Waals surface area contributed by atoms with Crippen LogP contribution < -0.4 is 0 Å². The molecule has 0 aliphatic heterocycles. The highest BCUT2D eigenvalue weighted by atomic mass is 79.9. The topological polar surface area (TPSA) is 26.3 Å². The average Bonchev–Trinajstić information content (AvgIpc) is 2.22. The molecule has 0 saturated heterocycles. The normalized spacial score (nSPS) is 10.1. The highest BCUT2D eigenvalue weighted by Crippen LogP contribution is 2.18. The molecule has 0 unspecified atom stereocenters. The fraction of sp³-hybridized carbons (Fsp3) is 0.300. The van der Waals surface area contributed by atoms with Gasteiger partial charge in [0.2, 0.25) is 0 Å². The highest BCUT2D eigenvalue weighted by Gasteiger charge is 2.14. The van der Waals surface area contributed by atoms with Crippen molar-refractivity contribution in [1.29, 1.82) is 0 Å². The molecule has 82 valence electrons. The summed E-state index contributed by atoms with van der Waals surface area (Å²) in [6.45, 7) is 0. The summed E-state index contributed by atoms with van der Waals surface area (Å²) in [4.78, 5) is 10.9. The molecule has 0 saturated carbocycles. The third-order valence-electron chi connectivity index (χ3n) is 1.90. The third-order valence-corrected chi connectivity index (χ3v) is 2.55. The van der Waals surface area contributed by atoms with Crippen LogP contribution in [0.3, 0.4) is 0 Å². The second-order valence-electron chi connectivity index (χ2n) is 2.92. The van der Waals surface area contributed by atoms with Crippen molar-refractivity contribution in [3.8, 4) is 0 Å². The number of methoxy groups -OCH3 is 1. The second-order valence-corrected chi connectivity index (χ2v) is 3.49. The van der Waals surface area contributed by atoms with Crippen molar-refractivity contribution >= 4 is 21.9 Å². The number of hydrogen-bond donors (Lipinski definition) is 0. The van der Waals surface area contributed by atoms with Crippen LogP contribution in [0.15, 0.2) is 12.1 Å². The van der Waals surface area contributed by atoms with Crippen LogP contribution in [0.5, 0.6) is 0 Å². The van der Waals surface area contributed by atoms with E-state index in [4.69, 9.17) is 0 Å². The minimum Gasteiger partial charge on any atom is -0.469 e. The highest BCUT2D eigenvalue weighted by molar-refractivity contribution is 9.08. The van der Waals surface area contributed by atoms with Crippen molar-refractivity contribution in [2.75, 3.05) is 7.11 Å². The molecule has 0 atom stereocenters. The lowest BCUT2D eigenvalue weighted by atomic mass is 10.1. The van der Waals surface area contributed by atoms with Crippen LogP contribution >= 0.6 is 15.9 Å². The lowest BCUT2D eigenvalue weighted by molar-refractivity contribution is -0.139. The van der Waals surface area contributed by atoms with Crippen LogP contribution in [0.2, 0.25) is 0 Å². The number of alkyl halides is 1. The van der Waals surface area contributed by atoms with E-state index in [1.165, 1.54) is 19.2 Å². The Hall–Kier alpha value is -0.970. The van der Waals surface area contributed by atoms with Gasteiger partial charge in [-0.2, -0.15) is 0 Å². The van der Waals surface area contributed by atoms with Crippen molar-refractivity contribution in [3.63, 3.8) is 0 Å². The van der Waals surface area contributed by atoms with Gasteiger partial charge in [0, 0.05) is 10.9 Å². The van der Waals surface area contributed by atoms with E-state index in [1.807, 2.05) is 0 Å². The number of hydrogen-bond acceptors (Lipinski definition) is 2. The van der Waals surface area contributed by atoms with Gasteiger partial charge in [0.1, 0.15) is 11.6 Å². The maximum atomic E-state index is 13.3. The van der Waals surface area contributed by atoms with Crippen molar-refractivity contribution in [3.05, 3.63) is 34.9 Å². The van der Waals surface area contributed by atoms with Crippen LogP contribution in [0.1, 0.15) is 11.1 Å². The Labute approximate surface area is 94.4 Å². The third kappa shape index (κ3) is 2.99. The van der Waals surface area contributed by atoms with Crippen LogP contribution in [-0.2, 0) is 21.3 Å². The van der Waals surface area contributed by atoms with Gasteiger partial charge in [0.15, 0.2) is 0 Å². The maximum absolute atomic E-state index is 13.3. The molecule has 0 fully saturated rings. The van der Waals surface area contributed by atoms with E-state index in [1.54, 1.807) is 0 Å². The van der Waals surface area contributed by atoms with E-state index < -0.39 is 24.0 Å². The summed E-state index contributed by atoms with van der Waals surface area (Å²) in [7, 11) is 1.17. The number of esters is 1. The van der Waals surface area contributed by atoms with Gasteiger partial charge < -0.3 is 4.74 Å². The molecule has 15 heavy (non-hydrogen) atoms. The molecule has 0 heterocycles. The zero-order valence-corrected chi connectivity index (χ0v) is 9.61. The predicted octanol–water partition coefficient (Wildman–Crippen LogP) is 2.58. The van der Waals surface area contributed by atoms with E-state index in [0.717, 1.165) is 0 Å². The van der Waals surface area contributed by atoms with Crippen molar-refractivity contribution < 1.29 is 18.3 Å². The minimum absolute atomic E-state index is 0.258. The number of halogens is 3. The Bertz CT molecular complexity index is 357. The Balaban J connectivity index is 3.03. The molecule has 0 aliphatic rings. The Kier molecular flexibility index (Phi) is 4.20. The molecule has 0 spiro atoms. The first-order chi connectivity index (χ1) is 7.08. The largest absolute Gasteiger partial charge is 0.469 e. The van der Waals surface area contributed by atoms with Gasteiger partial charge in [-0.1, -0.05) is 15.9 Å². The molecular formula is C10H9BrF2O2. The zero-order chi connectivity index (χ0) is 11.4. The van der Waals surface area contributed by atoms with Gasteiger partial charge in [0.05, 0.1) is 13.5 Å². The first-order valence-electron chi connectivity index (χ1n) is 4.18. The van der Waals surface area contributed by atoms with Crippen molar-refractivity contribution in [2.45, 2.75) is 11.8 Å². The monoisotopic (exact) mass is 278 g/mol. The van der Waals surface area contributed by atoms with Crippen LogP contribution in [0.25, 0.3) is 0 Å². The summed E-state index contributed by atoms with van der Waals surface area (Å²) in [6, 6.07) is 2.38. The van der Waals surface area contributed by atoms with Gasteiger partial charge in [-0.25, -0.2) is 8.78 Å². The number of benzene rings is 1. The molecule has 1 aromatic rings. The van der Waals surface area contributed by atoms with E-state index >= 15 is 0 Å². The molecule has 0 aliphatic carbocycles. The molecule has 0 radical (unpaired) electrons. The minimum atomic E-state index is -0.727. The Morgan fingerprint density at radius 2 is 1.93 bits per heavy atom.